The monoisotopic (exact) mass is 231 g/mol. The van der Waals surface area contributed by atoms with Crippen LogP contribution in [-0.4, -0.2) is 4.98 Å². The van der Waals surface area contributed by atoms with Crippen LogP contribution in [0.2, 0.25) is 0 Å². The van der Waals surface area contributed by atoms with Gasteiger partial charge in [-0.2, -0.15) is 0 Å². The van der Waals surface area contributed by atoms with Crippen molar-refractivity contribution in [2.75, 3.05) is 0 Å². The van der Waals surface area contributed by atoms with Gasteiger partial charge in [-0.05, 0) is 35.2 Å². The van der Waals surface area contributed by atoms with E-state index >= 15 is 0 Å². The van der Waals surface area contributed by atoms with Crippen molar-refractivity contribution >= 4 is 11.6 Å². The molecule has 2 heteroatoms. The zero-order valence-electron chi connectivity index (χ0n) is 9.23. The highest BCUT2D eigenvalue weighted by molar-refractivity contribution is 6.22. The number of hydrogen-bond donors (Lipinski definition) is 0. The Labute approximate surface area is 101 Å². The van der Waals surface area contributed by atoms with E-state index in [-0.39, 0.29) is 5.38 Å². The average Bonchev–Trinajstić information content (AvgIpc) is 2.39. The summed E-state index contributed by atoms with van der Waals surface area (Å²) in [5.41, 5.74) is 3.55. The van der Waals surface area contributed by atoms with E-state index in [1.807, 2.05) is 12.1 Å². The van der Waals surface area contributed by atoms with E-state index in [9.17, 15) is 0 Å². The number of pyridine rings is 1. The molecule has 1 nitrogen and oxygen atoms in total. The Morgan fingerprint density at radius 2 is 1.56 bits per heavy atom. The van der Waals surface area contributed by atoms with Crippen LogP contribution in [0.25, 0.3) is 0 Å². The summed E-state index contributed by atoms with van der Waals surface area (Å²) in [5.74, 6) is 0. The molecule has 0 saturated heterocycles. The zero-order valence-corrected chi connectivity index (χ0v) is 9.98. The Bertz CT molecular complexity index is 436. The first-order valence-corrected chi connectivity index (χ1v) is 5.87. The number of rotatable bonds is 3. The topological polar surface area (TPSA) is 12.9 Å². The number of alkyl halides is 1. The number of halogens is 1. The molecule has 0 saturated carbocycles. The molecule has 1 atom stereocenters. The van der Waals surface area contributed by atoms with E-state index < -0.39 is 0 Å². The van der Waals surface area contributed by atoms with Gasteiger partial charge in [-0.25, -0.2) is 0 Å². The van der Waals surface area contributed by atoms with Gasteiger partial charge in [0.2, 0.25) is 0 Å². The van der Waals surface area contributed by atoms with Crippen LogP contribution in [0.5, 0.6) is 0 Å². The van der Waals surface area contributed by atoms with E-state index in [1.54, 1.807) is 12.4 Å². The molecule has 0 fully saturated rings. The number of hydrogen-bond acceptors (Lipinski definition) is 1. The van der Waals surface area contributed by atoms with Gasteiger partial charge >= 0.3 is 0 Å². The number of aryl methyl sites for hydroxylation is 1. The van der Waals surface area contributed by atoms with Gasteiger partial charge < -0.3 is 0 Å². The van der Waals surface area contributed by atoms with Gasteiger partial charge in [-0.15, -0.1) is 11.6 Å². The smallest absolute Gasteiger partial charge is 0.0836 e. The van der Waals surface area contributed by atoms with Crippen molar-refractivity contribution in [1.29, 1.82) is 0 Å². The molecule has 0 aliphatic heterocycles. The molecule has 1 aromatic carbocycles. The summed E-state index contributed by atoms with van der Waals surface area (Å²) >= 11 is 6.40. The lowest BCUT2D eigenvalue weighted by Gasteiger charge is -2.10. The molecule has 16 heavy (non-hydrogen) atoms. The molecule has 2 aromatic rings. The first kappa shape index (κ1) is 11.2. The molecule has 82 valence electrons. The highest BCUT2D eigenvalue weighted by Gasteiger charge is 2.09. The highest BCUT2D eigenvalue weighted by atomic mass is 35.5. The Morgan fingerprint density at radius 3 is 2.12 bits per heavy atom. The predicted octanol–water partition coefficient (Wildman–Crippen LogP) is 3.97. The number of benzene rings is 1. The minimum absolute atomic E-state index is 0.0890. The van der Waals surface area contributed by atoms with Gasteiger partial charge in [-0.1, -0.05) is 31.2 Å². The van der Waals surface area contributed by atoms with Crippen molar-refractivity contribution < 1.29 is 0 Å². The van der Waals surface area contributed by atoms with Crippen LogP contribution in [0, 0.1) is 0 Å². The lowest BCUT2D eigenvalue weighted by atomic mass is 10.0. The van der Waals surface area contributed by atoms with E-state index in [0.717, 1.165) is 17.5 Å². The second kappa shape index (κ2) is 5.13. The minimum Gasteiger partial charge on any atom is -0.265 e. The SMILES string of the molecule is CCc1ccc(C(Cl)c2ccncc2)cc1. The highest BCUT2D eigenvalue weighted by Crippen LogP contribution is 2.28. The van der Waals surface area contributed by atoms with Crippen molar-refractivity contribution in [1.82, 2.24) is 4.98 Å². The lowest BCUT2D eigenvalue weighted by Crippen LogP contribution is -1.93. The summed E-state index contributed by atoms with van der Waals surface area (Å²) < 4.78 is 0. The van der Waals surface area contributed by atoms with Crippen LogP contribution in [0.3, 0.4) is 0 Å². The third kappa shape index (κ3) is 2.42. The lowest BCUT2D eigenvalue weighted by molar-refractivity contribution is 1.09. The molecule has 0 aliphatic carbocycles. The van der Waals surface area contributed by atoms with Gasteiger partial charge in [0.05, 0.1) is 5.38 Å². The van der Waals surface area contributed by atoms with Gasteiger partial charge in [0.25, 0.3) is 0 Å². The molecule has 1 aromatic heterocycles. The normalized spacial score (nSPS) is 12.4. The number of aromatic nitrogens is 1. The molecule has 0 radical (unpaired) electrons. The predicted molar refractivity (Wildman–Crippen MR) is 67.8 cm³/mol. The van der Waals surface area contributed by atoms with Crippen LogP contribution in [0.1, 0.15) is 29.0 Å². The third-order valence-corrected chi connectivity index (χ3v) is 3.18. The molecule has 0 bridgehead atoms. The fourth-order valence-corrected chi connectivity index (χ4v) is 1.94. The van der Waals surface area contributed by atoms with E-state index in [1.165, 1.54) is 5.56 Å². The third-order valence-electron chi connectivity index (χ3n) is 2.68. The Balaban J connectivity index is 2.24. The molecule has 0 amide bonds. The minimum atomic E-state index is -0.0890. The van der Waals surface area contributed by atoms with Crippen molar-refractivity contribution in [2.45, 2.75) is 18.7 Å². The molecule has 2 rings (SSSR count). The first-order chi connectivity index (χ1) is 7.81. The fraction of sp³-hybridized carbons (Fsp3) is 0.214. The molecule has 1 heterocycles. The van der Waals surface area contributed by atoms with Crippen LogP contribution in [0.4, 0.5) is 0 Å². The van der Waals surface area contributed by atoms with Crippen molar-refractivity contribution in [3.8, 4) is 0 Å². The summed E-state index contributed by atoms with van der Waals surface area (Å²) in [6.07, 6.45) is 4.60. The zero-order chi connectivity index (χ0) is 11.4. The first-order valence-electron chi connectivity index (χ1n) is 5.44. The van der Waals surface area contributed by atoms with Crippen molar-refractivity contribution in [3.05, 3.63) is 65.5 Å². The van der Waals surface area contributed by atoms with Crippen LogP contribution in [-0.2, 0) is 6.42 Å². The quantitative estimate of drug-likeness (QED) is 0.729. The van der Waals surface area contributed by atoms with Crippen molar-refractivity contribution in [3.63, 3.8) is 0 Å². The number of nitrogens with zero attached hydrogens (tertiary/aromatic N) is 1. The molecule has 0 spiro atoms. The van der Waals surface area contributed by atoms with Crippen LogP contribution >= 0.6 is 11.6 Å². The summed E-state index contributed by atoms with van der Waals surface area (Å²) in [7, 11) is 0. The summed E-state index contributed by atoms with van der Waals surface area (Å²) in [5, 5.41) is -0.0890. The maximum atomic E-state index is 6.40. The maximum Gasteiger partial charge on any atom is 0.0836 e. The summed E-state index contributed by atoms with van der Waals surface area (Å²) in [4.78, 5) is 3.99. The van der Waals surface area contributed by atoms with Crippen molar-refractivity contribution in [2.24, 2.45) is 0 Å². The van der Waals surface area contributed by atoms with E-state index in [0.29, 0.717) is 0 Å². The Hall–Kier alpha value is -1.34. The second-order valence-corrected chi connectivity index (χ2v) is 4.17. The summed E-state index contributed by atoms with van der Waals surface area (Å²) in [6.45, 7) is 2.15. The van der Waals surface area contributed by atoms with Gasteiger partial charge in [0, 0.05) is 12.4 Å². The summed E-state index contributed by atoms with van der Waals surface area (Å²) in [6, 6.07) is 12.3. The maximum absolute atomic E-state index is 6.40. The largest absolute Gasteiger partial charge is 0.265 e. The standard InChI is InChI=1S/C14H14ClN/c1-2-11-3-5-12(6-4-11)14(15)13-7-9-16-10-8-13/h3-10,14H,2H2,1H3. The van der Waals surface area contributed by atoms with E-state index in [4.69, 9.17) is 11.6 Å². The van der Waals surface area contributed by atoms with Gasteiger partial charge in [-0.3, -0.25) is 4.98 Å². The molecular formula is C14H14ClN. The molecule has 0 aliphatic rings. The van der Waals surface area contributed by atoms with Gasteiger partial charge in [0.15, 0.2) is 0 Å². The average molecular weight is 232 g/mol. The second-order valence-electron chi connectivity index (χ2n) is 3.74. The molecular weight excluding hydrogens is 218 g/mol. The van der Waals surface area contributed by atoms with Gasteiger partial charge in [0.1, 0.15) is 0 Å². The Morgan fingerprint density at radius 1 is 1.00 bits per heavy atom. The fourth-order valence-electron chi connectivity index (χ4n) is 1.65. The molecule has 0 N–H and O–H groups in total. The van der Waals surface area contributed by atoms with Crippen LogP contribution in [0.15, 0.2) is 48.8 Å². The van der Waals surface area contributed by atoms with Crippen LogP contribution < -0.4 is 0 Å². The van der Waals surface area contributed by atoms with E-state index in [2.05, 4.69) is 36.2 Å². The molecule has 1 unspecified atom stereocenters. The Kier molecular flexibility index (Phi) is 3.58.